The molecule has 0 saturated carbocycles. The molecule has 164 valence electrons. The summed E-state index contributed by atoms with van der Waals surface area (Å²) < 4.78 is 38.3. The zero-order chi connectivity index (χ0) is 22.2. The lowest BCUT2D eigenvalue weighted by atomic mass is 9.99. The second kappa shape index (κ2) is 8.22. The molecule has 0 N–H and O–H groups in total. The Labute approximate surface area is 183 Å². The van der Waals surface area contributed by atoms with Crippen molar-refractivity contribution in [2.24, 2.45) is 0 Å². The first kappa shape index (κ1) is 21.7. The van der Waals surface area contributed by atoms with E-state index >= 15 is 0 Å². The molecule has 0 bridgehead atoms. The Morgan fingerprint density at radius 2 is 1.42 bits per heavy atom. The fourth-order valence-corrected chi connectivity index (χ4v) is 5.66. The molecule has 8 heteroatoms. The van der Waals surface area contributed by atoms with Crippen molar-refractivity contribution in [2.75, 3.05) is 25.4 Å². The summed E-state index contributed by atoms with van der Waals surface area (Å²) in [6.45, 7) is 3.57. The number of thioether (sulfide) groups is 1. The van der Waals surface area contributed by atoms with Gasteiger partial charge in [0.05, 0.1) is 10.4 Å². The summed E-state index contributed by atoms with van der Waals surface area (Å²) in [7, 11) is 0. The zero-order valence-corrected chi connectivity index (χ0v) is 17.9. The second-order valence-electron chi connectivity index (χ2n) is 7.98. The van der Waals surface area contributed by atoms with E-state index in [4.69, 9.17) is 0 Å². The topological polar surface area (TPSA) is 40.6 Å². The van der Waals surface area contributed by atoms with Crippen molar-refractivity contribution in [3.8, 4) is 0 Å². The number of amides is 2. The first-order chi connectivity index (χ1) is 14.7. The van der Waals surface area contributed by atoms with E-state index in [2.05, 4.69) is 0 Å². The van der Waals surface area contributed by atoms with E-state index in [1.54, 1.807) is 16.7 Å². The minimum atomic E-state index is -4.42. The molecule has 2 amide bonds. The van der Waals surface area contributed by atoms with Gasteiger partial charge in [0.2, 0.25) is 0 Å². The van der Waals surface area contributed by atoms with Gasteiger partial charge < -0.3 is 9.80 Å². The number of nitrogens with zero attached hydrogens (tertiary/aromatic N) is 2. The molecule has 0 aromatic heterocycles. The van der Waals surface area contributed by atoms with Crippen LogP contribution in [0.1, 0.15) is 44.7 Å². The molecule has 31 heavy (non-hydrogen) atoms. The van der Waals surface area contributed by atoms with Crippen LogP contribution in [0, 0.1) is 6.92 Å². The average molecular weight is 449 g/mol. The number of benzene rings is 2. The van der Waals surface area contributed by atoms with Crippen molar-refractivity contribution in [2.45, 2.75) is 30.8 Å². The normalized spacial score (nSPS) is 18.5. The lowest BCUT2D eigenvalue weighted by Gasteiger charge is -2.44. The summed E-state index contributed by atoms with van der Waals surface area (Å²) in [6.07, 6.45) is -3.14. The highest BCUT2D eigenvalue weighted by Crippen LogP contribution is 2.44. The molecule has 2 aliphatic rings. The van der Waals surface area contributed by atoms with Crippen LogP contribution in [0.4, 0.5) is 13.2 Å². The Morgan fingerprint density at radius 3 is 2.00 bits per heavy atom. The molecule has 2 aromatic carbocycles. The lowest BCUT2D eigenvalue weighted by Crippen LogP contribution is -2.53. The van der Waals surface area contributed by atoms with Crippen molar-refractivity contribution < 1.29 is 22.8 Å². The highest BCUT2D eigenvalue weighted by Gasteiger charge is 2.47. The van der Waals surface area contributed by atoms with Crippen molar-refractivity contribution in [1.82, 2.24) is 9.80 Å². The van der Waals surface area contributed by atoms with Crippen molar-refractivity contribution >= 4 is 23.6 Å². The maximum Gasteiger partial charge on any atom is 0.416 e. The fraction of sp³-hybridized carbons (Fsp3) is 0.391. The van der Waals surface area contributed by atoms with E-state index in [9.17, 15) is 22.8 Å². The first-order valence-corrected chi connectivity index (χ1v) is 11.2. The largest absolute Gasteiger partial charge is 0.416 e. The molecule has 4 nitrogen and oxygen atoms in total. The summed E-state index contributed by atoms with van der Waals surface area (Å²) in [4.78, 5) is 29.2. The minimum absolute atomic E-state index is 0.00696. The smallest absolute Gasteiger partial charge is 0.338 e. The Morgan fingerprint density at radius 1 is 0.871 bits per heavy atom. The number of hydrogen-bond acceptors (Lipinski definition) is 3. The summed E-state index contributed by atoms with van der Waals surface area (Å²) in [5, 5.41) is 0. The number of likely N-dealkylation sites (tertiary alicyclic amines) is 1. The van der Waals surface area contributed by atoms with Crippen molar-refractivity contribution in [3.05, 3.63) is 70.8 Å². The number of carbonyl (C=O) groups is 2. The zero-order valence-electron chi connectivity index (χ0n) is 17.1. The molecule has 0 radical (unpaired) electrons. The van der Waals surface area contributed by atoms with Crippen molar-refractivity contribution in [1.29, 1.82) is 0 Å². The summed E-state index contributed by atoms with van der Waals surface area (Å²) in [5.41, 5.74) is 1.23. The van der Waals surface area contributed by atoms with Gasteiger partial charge in [-0.1, -0.05) is 17.7 Å². The van der Waals surface area contributed by atoms with Gasteiger partial charge in [-0.15, -0.1) is 11.8 Å². The second-order valence-corrected chi connectivity index (χ2v) is 9.44. The van der Waals surface area contributed by atoms with Gasteiger partial charge in [0.1, 0.15) is 0 Å². The number of halogens is 3. The van der Waals surface area contributed by atoms with Gasteiger partial charge in [-0.05, 0) is 56.2 Å². The number of hydrogen-bond donors (Lipinski definition) is 0. The third-order valence-electron chi connectivity index (χ3n) is 6.01. The highest BCUT2D eigenvalue weighted by atomic mass is 32.2. The minimum Gasteiger partial charge on any atom is -0.338 e. The molecule has 0 aliphatic carbocycles. The van der Waals surface area contributed by atoms with Gasteiger partial charge >= 0.3 is 6.18 Å². The predicted molar refractivity (Wildman–Crippen MR) is 114 cm³/mol. The van der Waals surface area contributed by atoms with Crippen LogP contribution in [0.2, 0.25) is 0 Å². The summed E-state index contributed by atoms with van der Waals surface area (Å²) in [6, 6.07) is 11.9. The van der Waals surface area contributed by atoms with Crippen LogP contribution in [-0.4, -0.2) is 51.9 Å². The molecular formula is C23H23F3N2O2S. The highest BCUT2D eigenvalue weighted by molar-refractivity contribution is 8.00. The molecule has 0 atom stereocenters. The van der Waals surface area contributed by atoms with Crippen LogP contribution in [0.25, 0.3) is 0 Å². The molecule has 2 aromatic rings. The molecular weight excluding hydrogens is 425 g/mol. The third kappa shape index (κ3) is 4.31. The van der Waals surface area contributed by atoms with E-state index < -0.39 is 11.7 Å². The van der Waals surface area contributed by atoms with E-state index in [-0.39, 0.29) is 22.2 Å². The number of aryl methyl sites for hydroxylation is 1. The molecule has 4 rings (SSSR count). The fourth-order valence-electron chi connectivity index (χ4n) is 4.20. The maximum atomic E-state index is 13.1. The number of rotatable bonds is 2. The Bertz CT molecular complexity index is 966. The number of piperidine rings is 1. The van der Waals surface area contributed by atoms with Crippen LogP contribution in [0.15, 0.2) is 48.5 Å². The Kier molecular flexibility index (Phi) is 5.77. The van der Waals surface area contributed by atoms with E-state index in [1.165, 1.54) is 12.1 Å². The first-order valence-electron chi connectivity index (χ1n) is 10.2. The van der Waals surface area contributed by atoms with Crippen LogP contribution in [0.5, 0.6) is 0 Å². The Hall–Kier alpha value is -2.48. The molecule has 2 saturated heterocycles. The van der Waals surface area contributed by atoms with Gasteiger partial charge in [0.15, 0.2) is 0 Å². The number of carbonyl (C=O) groups excluding carboxylic acids is 2. The molecule has 2 heterocycles. The van der Waals surface area contributed by atoms with E-state index in [0.29, 0.717) is 38.0 Å². The monoisotopic (exact) mass is 448 g/mol. The van der Waals surface area contributed by atoms with Gasteiger partial charge in [0, 0.05) is 36.5 Å². The molecule has 0 unspecified atom stereocenters. The standard InChI is InChI=1S/C23H23F3N2O2S/c1-16-2-4-18(5-3-16)21(30)28-14-15-31-22(28)10-12-27(13-11-22)20(29)17-6-8-19(9-7-17)23(24,25)26/h2-9H,10-15H2,1H3. The SMILES string of the molecule is Cc1ccc(C(=O)N2CCSC23CCN(C(=O)c2ccc(C(F)(F)F)cc2)CC3)cc1. The average Bonchev–Trinajstić information content (AvgIpc) is 3.16. The van der Waals surface area contributed by atoms with Crippen LogP contribution < -0.4 is 0 Å². The van der Waals surface area contributed by atoms with Gasteiger partial charge in [-0.2, -0.15) is 13.2 Å². The van der Waals surface area contributed by atoms with E-state index in [0.717, 1.165) is 23.4 Å². The lowest BCUT2D eigenvalue weighted by molar-refractivity contribution is -0.137. The van der Waals surface area contributed by atoms with Crippen LogP contribution in [0.3, 0.4) is 0 Å². The number of alkyl halides is 3. The quantitative estimate of drug-likeness (QED) is 0.661. The third-order valence-corrected chi connectivity index (χ3v) is 7.57. The van der Waals surface area contributed by atoms with Crippen LogP contribution >= 0.6 is 11.8 Å². The van der Waals surface area contributed by atoms with Gasteiger partial charge in [-0.25, -0.2) is 0 Å². The van der Waals surface area contributed by atoms with Crippen molar-refractivity contribution in [3.63, 3.8) is 0 Å². The Balaban J connectivity index is 1.44. The van der Waals surface area contributed by atoms with Gasteiger partial charge in [0.25, 0.3) is 11.8 Å². The molecule has 2 aliphatic heterocycles. The van der Waals surface area contributed by atoms with Crippen LogP contribution in [-0.2, 0) is 6.18 Å². The summed E-state index contributed by atoms with van der Waals surface area (Å²) in [5.74, 6) is 0.584. The molecule has 2 fully saturated rings. The maximum absolute atomic E-state index is 13.1. The predicted octanol–water partition coefficient (Wildman–Crippen LogP) is 4.84. The summed E-state index contributed by atoms with van der Waals surface area (Å²) >= 11 is 1.76. The molecule has 1 spiro atoms. The van der Waals surface area contributed by atoms with E-state index in [1.807, 2.05) is 36.1 Å². The van der Waals surface area contributed by atoms with Gasteiger partial charge in [-0.3, -0.25) is 9.59 Å².